The number of nitro groups is 1. The molecule has 1 aliphatic rings. The van der Waals surface area contributed by atoms with Gasteiger partial charge in [0.1, 0.15) is 5.60 Å². The summed E-state index contributed by atoms with van der Waals surface area (Å²) < 4.78 is 5.54. The van der Waals surface area contributed by atoms with Crippen LogP contribution in [0.2, 0.25) is 0 Å². The molecule has 1 fully saturated rings. The number of alkyl carbamates (subject to hydrolysis) is 1. The number of carbonyl (C=O) groups excluding carboxylic acids is 1. The molecule has 23 heavy (non-hydrogen) atoms. The van der Waals surface area contributed by atoms with Crippen molar-refractivity contribution in [2.75, 3.05) is 0 Å². The smallest absolute Gasteiger partial charge is 0.408 e. The van der Waals surface area contributed by atoms with Crippen LogP contribution in [0.25, 0.3) is 0 Å². The Morgan fingerprint density at radius 2 is 1.78 bits per heavy atom. The van der Waals surface area contributed by atoms with E-state index in [0.29, 0.717) is 6.54 Å². The number of hydrogen-bond acceptors (Lipinski definition) is 4. The van der Waals surface area contributed by atoms with E-state index in [9.17, 15) is 14.9 Å². The van der Waals surface area contributed by atoms with Crippen molar-refractivity contribution >= 4 is 11.8 Å². The first-order valence-corrected chi connectivity index (χ1v) is 7.35. The van der Waals surface area contributed by atoms with Crippen molar-refractivity contribution in [3.63, 3.8) is 0 Å². The molecule has 0 unspecified atom stereocenters. The lowest BCUT2D eigenvalue weighted by Gasteiger charge is -2.17. The van der Waals surface area contributed by atoms with Gasteiger partial charge in [0.2, 0.25) is 0 Å². The lowest BCUT2D eigenvalue weighted by Crippen LogP contribution is -2.28. The van der Waals surface area contributed by atoms with Crippen LogP contribution in [0.3, 0.4) is 0 Å². The molecule has 0 saturated heterocycles. The number of amides is 1. The van der Waals surface area contributed by atoms with E-state index in [1.54, 1.807) is 12.1 Å². The van der Waals surface area contributed by atoms with Crippen molar-refractivity contribution in [1.29, 1.82) is 0 Å². The first-order chi connectivity index (χ1) is 11.1. The Morgan fingerprint density at radius 3 is 2.35 bits per heavy atom. The van der Waals surface area contributed by atoms with Crippen LogP contribution in [0, 0.1) is 10.1 Å². The van der Waals surface area contributed by atoms with Crippen molar-refractivity contribution in [3.8, 4) is 0 Å². The number of nitrogens with one attached hydrogen (secondary N) is 1. The number of non-ortho nitro benzene ring substituents is 1. The molecule has 0 atom stereocenters. The molecule has 1 saturated carbocycles. The Hall–Kier alpha value is -2.89. The zero-order valence-electron chi connectivity index (χ0n) is 12.4. The summed E-state index contributed by atoms with van der Waals surface area (Å²) in [6.07, 6.45) is 0.970. The van der Waals surface area contributed by atoms with Crippen molar-refractivity contribution in [2.24, 2.45) is 0 Å². The monoisotopic (exact) mass is 312 g/mol. The van der Waals surface area contributed by atoms with Gasteiger partial charge in [0.25, 0.3) is 5.69 Å². The molecule has 0 heterocycles. The normalized spacial score (nSPS) is 14.8. The SMILES string of the molecule is O=C(NCc1ccccc1)OC1(c2ccc([N+](=O)[O-])cc2)CC1. The highest BCUT2D eigenvalue weighted by atomic mass is 16.6. The summed E-state index contributed by atoms with van der Waals surface area (Å²) in [6.45, 7) is 0.399. The number of nitro benzene ring substituents is 1. The topological polar surface area (TPSA) is 81.5 Å². The average molecular weight is 312 g/mol. The van der Waals surface area contributed by atoms with E-state index in [2.05, 4.69) is 5.32 Å². The highest BCUT2D eigenvalue weighted by molar-refractivity contribution is 5.68. The van der Waals surface area contributed by atoms with Crippen LogP contribution >= 0.6 is 0 Å². The van der Waals surface area contributed by atoms with Gasteiger partial charge in [-0.15, -0.1) is 0 Å². The fraction of sp³-hybridized carbons (Fsp3) is 0.235. The number of nitrogens with zero attached hydrogens (tertiary/aromatic N) is 1. The molecule has 0 aliphatic heterocycles. The van der Waals surface area contributed by atoms with E-state index >= 15 is 0 Å². The highest BCUT2D eigenvalue weighted by Crippen LogP contribution is 2.49. The van der Waals surface area contributed by atoms with Gasteiger partial charge >= 0.3 is 6.09 Å². The molecule has 1 aliphatic carbocycles. The van der Waals surface area contributed by atoms with Crippen LogP contribution in [0.15, 0.2) is 54.6 Å². The van der Waals surface area contributed by atoms with E-state index in [1.807, 2.05) is 30.3 Å². The van der Waals surface area contributed by atoms with Crippen LogP contribution in [-0.4, -0.2) is 11.0 Å². The summed E-state index contributed by atoms with van der Waals surface area (Å²) >= 11 is 0. The lowest BCUT2D eigenvalue weighted by atomic mass is 10.1. The van der Waals surface area contributed by atoms with Crippen LogP contribution in [0.1, 0.15) is 24.0 Å². The van der Waals surface area contributed by atoms with E-state index in [4.69, 9.17) is 4.74 Å². The van der Waals surface area contributed by atoms with Crippen molar-refractivity contribution in [3.05, 3.63) is 75.8 Å². The third kappa shape index (κ3) is 3.48. The quantitative estimate of drug-likeness (QED) is 0.676. The summed E-state index contributed by atoms with van der Waals surface area (Å²) in [7, 11) is 0. The minimum atomic E-state index is -0.643. The van der Waals surface area contributed by atoms with Crippen LogP contribution < -0.4 is 5.32 Å². The number of benzene rings is 2. The van der Waals surface area contributed by atoms with Crippen molar-refractivity contribution in [2.45, 2.75) is 25.0 Å². The number of carbonyl (C=O) groups is 1. The molecule has 3 rings (SSSR count). The van der Waals surface area contributed by atoms with Crippen molar-refractivity contribution < 1.29 is 14.5 Å². The van der Waals surface area contributed by atoms with Gasteiger partial charge in [-0.3, -0.25) is 10.1 Å². The maximum absolute atomic E-state index is 12.0. The van der Waals surface area contributed by atoms with E-state index in [1.165, 1.54) is 12.1 Å². The molecule has 1 amide bonds. The zero-order valence-corrected chi connectivity index (χ0v) is 12.4. The second-order valence-corrected chi connectivity index (χ2v) is 5.53. The Kier molecular flexibility index (Phi) is 3.97. The molecule has 6 nitrogen and oxygen atoms in total. The van der Waals surface area contributed by atoms with Crippen molar-refractivity contribution in [1.82, 2.24) is 5.32 Å². The maximum Gasteiger partial charge on any atom is 0.408 e. The summed E-state index contributed by atoms with van der Waals surface area (Å²) in [5.74, 6) is 0. The molecule has 0 bridgehead atoms. The largest absolute Gasteiger partial charge is 0.438 e. The summed E-state index contributed by atoms with van der Waals surface area (Å²) in [5, 5.41) is 13.4. The number of hydrogen-bond donors (Lipinski definition) is 1. The molecular formula is C17H16N2O4. The molecule has 0 radical (unpaired) electrons. The second-order valence-electron chi connectivity index (χ2n) is 5.53. The molecule has 2 aromatic carbocycles. The summed E-state index contributed by atoms with van der Waals surface area (Å²) in [5.41, 5.74) is 1.16. The lowest BCUT2D eigenvalue weighted by molar-refractivity contribution is -0.384. The fourth-order valence-electron chi connectivity index (χ4n) is 2.43. The average Bonchev–Trinajstić information content (AvgIpc) is 3.35. The Bertz CT molecular complexity index is 709. The molecule has 2 aromatic rings. The highest BCUT2D eigenvalue weighted by Gasteiger charge is 2.48. The molecule has 1 N–H and O–H groups in total. The third-order valence-electron chi connectivity index (χ3n) is 3.88. The van der Waals surface area contributed by atoms with Gasteiger partial charge in [0.05, 0.1) is 4.92 Å². The van der Waals surface area contributed by atoms with E-state index < -0.39 is 16.6 Å². The van der Waals surface area contributed by atoms with E-state index in [0.717, 1.165) is 24.0 Å². The Labute approximate surface area is 133 Å². The molecule has 6 heteroatoms. The van der Waals surface area contributed by atoms with Gasteiger partial charge in [0, 0.05) is 18.7 Å². The predicted molar refractivity (Wildman–Crippen MR) is 83.8 cm³/mol. The third-order valence-corrected chi connectivity index (χ3v) is 3.88. The predicted octanol–water partition coefficient (Wildman–Crippen LogP) is 3.51. The Morgan fingerprint density at radius 1 is 1.13 bits per heavy atom. The second kappa shape index (κ2) is 6.08. The first kappa shape index (κ1) is 15.0. The number of rotatable bonds is 5. The summed E-state index contributed by atoms with van der Waals surface area (Å²) in [6, 6.07) is 15.7. The number of ether oxygens (including phenoxy) is 1. The molecular weight excluding hydrogens is 296 g/mol. The molecule has 118 valence electrons. The minimum Gasteiger partial charge on any atom is -0.438 e. The van der Waals surface area contributed by atoms with Gasteiger partial charge in [-0.05, 0) is 36.1 Å². The van der Waals surface area contributed by atoms with Gasteiger partial charge in [-0.2, -0.15) is 0 Å². The molecule has 0 spiro atoms. The standard InChI is InChI=1S/C17H16N2O4/c20-16(18-12-13-4-2-1-3-5-13)23-17(10-11-17)14-6-8-15(9-7-14)19(21)22/h1-9H,10-12H2,(H,18,20). The van der Waals surface area contributed by atoms with Gasteiger partial charge < -0.3 is 10.1 Å². The van der Waals surface area contributed by atoms with Crippen LogP contribution in [0.5, 0.6) is 0 Å². The molecule has 0 aromatic heterocycles. The fourth-order valence-corrected chi connectivity index (χ4v) is 2.43. The van der Waals surface area contributed by atoms with Crippen LogP contribution in [0.4, 0.5) is 10.5 Å². The van der Waals surface area contributed by atoms with Crippen LogP contribution in [-0.2, 0) is 16.9 Å². The Balaban J connectivity index is 1.60. The maximum atomic E-state index is 12.0. The summed E-state index contributed by atoms with van der Waals surface area (Å²) in [4.78, 5) is 22.2. The van der Waals surface area contributed by atoms with Gasteiger partial charge in [0.15, 0.2) is 0 Å². The first-order valence-electron chi connectivity index (χ1n) is 7.35. The minimum absolute atomic E-state index is 0.0260. The van der Waals surface area contributed by atoms with Gasteiger partial charge in [-0.25, -0.2) is 4.79 Å². The van der Waals surface area contributed by atoms with E-state index in [-0.39, 0.29) is 5.69 Å². The van der Waals surface area contributed by atoms with Gasteiger partial charge in [-0.1, -0.05) is 30.3 Å². The zero-order chi connectivity index (χ0) is 16.3.